The Morgan fingerprint density at radius 3 is 2.22 bits per heavy atom. The van der Waals surface area contributed by atoms with E-state index in [0.29, 0.717) is 5.92 Å². The molecule has 1 atom stereocenters. The highest BCUT2D eigenvalue weighted by molar-refractivity contribution is 5.88. The van der Waals surface area contributed by atoms with Gasteiger partial charge in [-0.1, -0.05) is 61.9 Å². The molecule has 0 aliphatic rings. The molecule has 0 aliphatic carbocycles. The number of nitrogens with one attached hydrogen (secondary N) is 2. The van der Waals surface area contributed by atoms with Gasteiger partial charge >= 0.3 is 0 Å². The Bertz CT molecular complexity index is 803. The van der Waals surface area contributed by atoms with Gasteiger partial charge in [0.2, 0.25) is 0 Å². The van der Waals surface area contributed by atoms with Crippen molar-refractivity contribution in [2.45, 2.75) is 46.6 Å². The average molecular weight is 364 g/mol. The van der Waals surface area contributed by atoms with Crippen LogP contribution in [-0.4, -0.2) is 18.2 Å². The smallest absolute Gasteiger partial charge is 0.262 e. The number of carbonyl (C=O) groups excluding carboxylic acids is 1. The van der Waals surface area contributed by atoms with Crippen molar-refractivity contribution in [3.8, 4) is 0 Å². The normalized spacial score (nSPS) is 13.0. The second kappa shape index (κ2) is 9.72. The van der Waals surface area contributed by atoms with Crippen molar-refractivity contribution in [2.24, 2.45) is 5.10 Å². The van der Waals surface area contributed by atoms with Crippen molar-refractivity contribution in [3.05, 3.63) is 70.8 Å². The lowest BCUT2D eigenvalue weighted by atomic mass is 10.0. The summed E-state index contributed by atoms with van der Waals surface area (Å²) in [6.07, 6.45) is 3.70. The maximum Gasteiger partial charge on any atom is 0.262 e. The minimum atomic E-state index is -0.377. The zero-order valence-electron chi connectivity index (χ0n) is 16.8. The van der Waals surface area contributed by atoms with E-state index in [1.165, 1.54) is 11.1 Å². The molecule has 1 unspecified atom stereocenters. The SMILES string of the molecule is C/C(C=NNC(=O)C(C)Nc1ccc(C)cc1)=C/c1ccc(C(C)C)cc1. The highest BCUT2D eigenvalue weighted by atomic mass is 16.2. The fourth-order valence-electron chi connectivity index (χ4n) is 2.54. The molecule has 0 saturated carbocycles. The molecule has 4 nitrogen and oxygen atoms in total. The Morgan fingerprint density at radius 1 is 1.00 bits per heavy atom. The van der Waals surface area contributed by atoms with Crippen LogP contribution in [0.2, 0.25) is 0 Å². The number of rotatable bonds is 7. The summed E-state index contributed by atoms with van der Waals surface area (Å²) < 4.78 is 0. The molecule has 142 valence electrons. The predicted octanol–water partition coefficient (Wildman–Crippen LogP) is 5.12. The molecule has 2 aromatic carbocycles. The molecule has 2 N–H and O–H groups in total. The van der Waals surface area contributed by atoms with Crippen LogP contribution in [-0.2, 0) is 4.79 Å². The van der Waals surface area contributed by atoms with E-state index in [9.17, 15) is 4.79 Å². The first-order chi connectivity index (χ1) is 12.8. The van der Waals surface area contributed by atoms with Crippen molar-refractivity contribution in [3.63, 3.8) is 0 Å². The largest absolute Gasteiger partial charge is 0.374 e. The van der Waals surface area contributed by atoms with Crippen molar-refractivity contribution in [1.29, 1.82) is 0 Å². The van der Waals surface area contributed by atoms with E-state index in [1.807, 2.05) is 51.1 Å². The second-order valence-electron chi connectivity index (χ2n) is 7.18. The fraction of sp³-hybridized carbons (Fsp3) is 0.304. The topological polar surface area (TPSA) is 53.5 Å². The number of aryl methyl sites for hydroxylation is 1. The Morgan fingerprint density at radius 2 is 1.63 bits per heavy atom. The first-order valence-electron chi connectivity index (χ1n) is 9.29. The Balaban J connectivity index is 1.87. The summed E-state index contributed by atoms with van der Waals surface area (Å²) in [6.45, 7) is 10.2. The molecular formula is C23H29N3O. The standard InChI is InChI=1S/C23H29N3O/c1-16(2)21-10-8-20(9-11-21)14-18(4)15-24-26-23(27)19(5)25-22-12-6-17(3)7-13-22/h6-16,19,25H,1-5H3,(H,26,27)/b18-14-,24-15?. The van der Waals surface area contributed by atoms with Crippen LogP contribution >= 0.6 is 0 Å². The van der Waals surface area contributed by atoms with Gasteiger partial charge in [0.05, 0.1) is 6.21 Å². The summed E-state index contributed by atoms with van der Waals surface area (Å²) in [5.74, 6) is 0.345. The van der Waals surface area contributed by atoms with Crippen LogP contribution in [0.3, 0.4) is 0 Å². The van der Waals surface area contributed by atoms with Gasteiger partial charge in [-0.3, -0.25) is 4.79 Å². The molecule has 27 heavy (non-hydrogen) atoms. The maximum atomic E-state index is 12.1. The van der Waals surface area contributed by atoms with E-state index in [4.69, 9.17) is 0 Å². The van der Waals surface area contributed by atoms with Gasteiger partial charge in [0.25, 0.3) is 5.91 Å². The van der Waals surface area contributed by atoms with Gasteiger partial charge in [0, 0.05) is 5.69 Å². The van der Waals surface area contributed by atoms with Crippen LogP contribution < -0.4 is 10.7 Å². The van der Waals surface area contributed by atoms with E-state index in [-0.39, 0.29) is 11.9 Å². The van der Waals surface area contributed by atoms with Gasteiger partial charge in [-0.25, -0.2) is 5.43 Å². The molecule has 0 bridgehead atoms. The summed E-state index contributed by atoms with van der Waals surface area (Å²) in [7, 11) is 0. The maximum absolute atomic E-state index is 12.1. The summed E-state index contributed by atoms with van der Waals surface area (Å²) in [5, 5.41) is 7.22. The number of nitrogens with zero attached hydrogens (tertiary/aromatic N) is 1. The molecular weight excluding hydrogens is 334 g/mol. The van der Waals surface area contributed by atoms with Gasteiger partial charge in [-0.15, -0.1) is 0 Å². The Hall–Kier alpha value is -2.88. The quantitative estimate of drug-likeness (QED) is 0.529. The molecule has 2 rings (SSSR count). The van der Waals surface area contributed by atoms with Crippen molar-refractivity contribution >= 4 is 23.9 Å². The number of hydrogen-bond acceptors (Lipinski definition) is 3. The lowest BCUT2D eigenvalue weighted by molar-refractivity contribution is -0.121. The minimum Gasteiger partial charge on any atom is -0.374 e. The number of hydrogen-bond donors (Lipinski definition) is 2. The van der Waals surface area contributed by atoms with E-state index < -0.39 is 0 Å². The van der Waals surface area contributed by atoms with Crippen LogP contribution in [0.1, 0.15) is 50.3 Å². The zero-order valence-corrected chi connectivity index (χ0v) is 16.8. The third kappa shape index (κ3) is 6.74. The third-order valence-electron chi connectivity index (χ3n) is 4.27. The Labute approximate surface area is 162 Å². The van der Waals surface area contributed by atoms with Gasteiger partial charge in [-0.05, 0) is 55.5 Å². The van der Waals surface area contributed by atoms with E-state index >= 15 is 0 Å². The molecule has 0 heterocycles. The number of benzene rings is 2. The molecule has 0 spiro atoms. The summed E-state index contributed by atoms with van der Waals surface area (Å²) >= 11 is 0. The number of carbonyl (C=O) groups is 1. The molecule has 0 saturated heterocycles. The van der Waals surface area contributed by atoms with Gasteiger partial charge in [0.15, 0.2) is 0 Å². The van der Waals surface area contributed by atoms with Crippen LogP contribution in [0, 0.1) is 6.92 Å². The highest BCUT2D eigenvalue weighted by Gasteiger charge is 2.11. The summed E-state index contributed by atoms with van der Waals surface area (Å²) in [5.41, 5.74) is 8.08. The number of amides is 1. The molecule has 2 aromatic rings. The molecule has 0 fully saturated rings. The van der Waals surface area contributed by atoms with E-state index in [1.54, 1.807) is 6.21 Å². The lowest BCUT2D eigenvalue weighted by Crippen LogP contribution is -2.34. The number of allylic oxidation sites excluding steroid dienone is 1. The van der Waals surface area contributed by atoms with Crippen LogP contribution in [0.25, 0.3) is 6.08 Å². The van der Waals surface area contributed by atoms with Crippen molar-refractivity contribution < 1.29 is 4.79 Å². The average Bonchev–Trinajstić information content (AvgIpc) is 2.64. The first-order valence-corrected chi connectivity index (χ1v) is 9.29. The molecule has 0 radical (unpaired) electrons. The zero-order chi connectivity index (χ0) is 19.8. The van der Waals surface area contributed by atoms with Gasteiger partial charge in [-0.2, -0.15) is 5.10 Å². The van der Waals surface area contributed by atoms with Gasteiger partial charge in [0.1, 0.15) is 6.04 Å². The third-order valence-corrected chi connectivity index (χ3v) is 4.27. The fourth-order valence-corrected chi connectivity index (χ4v) is 2.54. The lowest BCUT2D eigenvalue weighted by Gasteiger charge is -2.13. The van der Waals surface area contributed by atoms with Crippen molar-refractivity contribution in [2.75, 3.05) is 5.32 Å². The van der Waals surface area contributed by atoms with E-state index in [2.05, 4.69) is 54.0 Å². The van der Waals surface area contributed by atoms with Gasteiger partial charge < -0.3 is 5.32 Å². The molecule has 0 aromatic heterocycles. The van der Waals surface area contributed by atoms with Crippen LogP contribution in [0.5, 0.6) is 0 Å². The molecule has 1 amide bonds. The summed E-state index contributed by atoms with van der Waals surface area (Å²) in [6, 6.07) is 16.0. The Kier molecular flexibility index (Phi) is 7.35. The summed E-state index contributed by atoms with van der Waals surface area (Å²) in [4.78, 5) is 12.1. The predicted molar refractivity (Wildman–Crippen MR) is 115 cm³/mol. The van der Waals surface area contributed by atoms with Crippen molar-refractivity contribution in [1.82, 2.24) is 5.43 Å². The first kappa shape index (κ1) is 20.4. The monoisotopic (exact) mass is 363 g/mol. The molecule has 4 heteroatoms. The minimum absolute atomic E-state index is 0.180. The highest BCUT2D eigenvalue weighted by Crippen LogP contribution is 2.16. The number of anilines is 1. The number of hydrazone groups is 1. The van der Waals surface area contributed by atoms with E-state index in [0.717, 1.165) is 16.8 Å². The van der Waals surface area contributed by atoms with Crippen LogP contribution in [0.4, 0.5) is 5.69 Å². The van der Waals surface area contributed by atoms with Crippen LogP contribution in [0.15, 0.2) is 59.2 Å². The molecule has 0 aliphatic heterocycles. The second-order valence-corrected chi connectivity index (χ2v) is 7.18.